The minimum atomic E-state index is -0.0319. The highest BCUT2D eigenvalue weighted by Crippen LogP contribution is 2.25. The highest BCUT2D eigenvalue weighted by Gasteiger charge is 2.23. The van der Waals surface area contributed by atoms with E-state index in [-0.39, 0.29) is 5.91 Å². The molecule has 0 bridgehead atoms. The average molecular weight is 315 g/mol. The van der Waals surface area contributed by atoms with Crippen molar-refractivity contribution in [3.05, 3.63) is 28.2 Å². The molecule has 0 saturated carbocycles. The van der Waals surface area contributed by atoms with E-state index < -0.39 is 0 Å². The molecule has 2 rings (SSSR count). The van der Waals surface area contributed by atoms with Crippen molar-refractivity contribution >= 4 is 34.8 Å². The molecule has 1 aliphatic heterocycles. The second-order valence-corrected chi connectivity index (χ2v) is 6.66. The van der Waals surface area contributed by atoms with Gasteiger partial charge in [0.2, 0.25) is 5.91 Å². The van der Waals surface area contributed by atoms with Gasteiger partial charge in [0.15, 0.2) is 0 Å². The molecule has 110 valence electrons. The molecule has 2 atom stereocenters. The number of nitrogens with zero attached hydrogens (tertiary/aromatic N) is 1. The fraction of sp³-hybridized carbons (Fsp3) is 0.533. The van der Waals surface area contributed by atoms with Gasteiger partial charge < -0.3 is 5.32 Å². The van der Waals surface area contributed by atoms with Crippen LogP contribution in [0, 0.1) is 11.8 Å². The summed E-state index contributed by atoms with van der Waals surface area (Å²) in [7, 11) is 0. The highest BCUT2D eigenvalue weighted by molar-refractivity contribution is 6.36. The molecule has 1 aliphatic rings. The molecule has 1 saturated heterocycles. The third-order valence-electron chi connectivity index (χ3n) is 3.52. The number of hydrogen-bond donors (Lipinski definition) is 1. The summed E-state index contributed by atoms with van der Waals surface area (Å²) in [5.41, 5.74) is 0.610. The normalized spacial score (nSPS) is 23.6. The third kappa shape index (κ3) is 4.37. The van der Waals surface area contributed by atoms with Crippen LogP contribution >= 0.6 is 23.2 Å². The van der Waals surface area contributed by atoms with Crippen molar-refractivity contribution in [2.24, 2.45) is 11.8 Å². The molecular formula is C15H20Cl2N2O. The first kappa shape index (κ1) is 15.6. The molecule has 0 spiro atoms. The number of hydrogen-bond acceptors (Lipinski definition) is 2. The maximum Gasteiger partial charge on any atom is 0.238 e. The van der Waals surface area contributed by atoms with E-state index in [1.165, 1.54) is 6.42 Å². The lowest BCUT2D eigenvalue weighted by molar-refractivity contribution is -0.117. The van der Waals surface area contributed by atoms with Gasteiger partial charge in [-0.15, -0.1) is 0 Å². The van der Waals surface area contributed by atoms with Gasteiger partial charge in [0.25, 0.3) is 0 Å². The van der Waals surface area contributed by atoms with E-state index in [1.807, 2.05) is 0 Å². The topological polar surface area (TPSA) is 32.3 Å². The summed E-state index contributed by atoms with van der Waals surface area (Å²) in [5.74, 6) is 1.26. The number of likely N-dealkylation sites (tertiary alicyclic amines) is 1. The summed E-state index contributed by atoms with van der Waals surface area (Å²) in [6, 6.07) is 5.07. The smallest absolute Gasteiger partial charge is 0.238 e. The molecule has 1 amide bonds. The molecule has 3 nitrogen and oxygen atoms in total. The molecule has 1 heterocycles. The van der Waals surface area contributed by atoms with E-state index in [1.54, 1.807) is 18.2 Å². The van der Waals surface area contributed by atoms with Crippen LogP contribution in [0.4, 0.5) is 5.69 Å². The first-order chi connectivity index (χ1) is 9.44. The molecule has 0 unspecified atom stereocenters. The molecule has 0 aromatic heterocycles. The number of carbonyl (C=O) groups excluding carboxylic acids is 1. The van der Waals surface area contributed by atoms with Gasteiger partial charge in [0.05, 0.1) is 17.3 Å². The summed E-state index contributed by atoms with van der Waals surface area (Å²) in [4.78, 5) is 14.3. The Balaban J connectivity index is 1.92. The van der Waals surface area contributed by atoms with Crippen LogP contribution in [-0.4, -0.2) is 30.4 Å². The van der Waals surface area contributed by atoms with Gasteiger partial charge in [-0.1, -0.05) is 37.0 Å². The van der Waals surface area contributed by atoms with Crippen molar-refractivity contribution in [1.82, 2.24) is 4.90 Å². The minimum absolute atomic E-state index is 0.0319. The van der Waals surface area contributed by atoms with E-state index in [0.717, 1.165) is 13.1 Å². The van der Waals surface area contributed by atoms with Gasteiger partial charge in [-0.3, -0.25) is 9.69 Å². The third-order valence-corrected chi connectivity index (χ3v) is 4.06. The van der Waals surface area contributed by atoms with Gasteiger partial charge in [-0.25, -0.2) is 0 Å². The Morgan fingerprint density at radius 2 is 1.95 bits per heavy atom. The van der Waals surface area contributed by atoms with E-state index in [2.05, 4.69) is 24.1 Å². The fourth-order valence-electron chi connectivity index (χ4n) is 2.90. The fourth-order valence-corrected chi connectivity index (χ4v) is 3.36. The maximum absolute atomic E-state index is 12.1. The number of anilines is 1. The van der Waals surface area contributed by atoms with E-state index in [9.17, 15) is 4.79 Å². The van der Waals surface area contributed by atoms with Crippen molar-refractivity contribution < 1.29 is 4.79 Å². The number of amides is 1. The molecule has 1 aromatic carbocycles. The van der Waals surface area contributed by atoms with Crippen molar-refractivity contribution in [3.8, 4) is 0 Å². The Kier molecular flexibility index (Phi) is 5.30. The van der Waals surface area contributed by atoms with E-state index in [0.29, 0.717) is 34.1 Å². The zero-order chi connectivity index (χ0) is 14.7. The summed E-state index contributed by atoms with van der Waals surface area (Å²) in [5, 5.41) is 3.87. The molecule has 5 heteroatoms. The molecule has 1 aromatic rings. The van der Waals surface area contributed by atoms with Gasteiger partial charge in [-0.05, 0) is 36.5 Å². The van der Waals surface area contributed by atoms with Crippen molar-refractivity contribution in [2.45, 2.75) is 20.3 Å². The van der Waals surface area contributed by atoms with Crippen LogP contribution in [-0.2, 0) is 4.79 Å². The predicted molar refractivity (Wildman–Crippen MR) is 84.5 cm³/mol. The maximum atomic E-state index is 12.1. The van der Waals surface area contributed by atoms with E-state index in [4.69, 9.17) is 23.2 Å². The van der Waals surface area contributed by atoms with Crippen LogP contribution in [0.1, 0.15) is 20.3 Å². The number of halogens is 2. The van der Waals surface area contributed by atoms with Gasteiger partial charge in [-0.2, -0.15) is 0 Å². The van der Waals surface area contributed by atoms with Crippen LogP contribution in [0.25, 0.3) is 0 Å². The molecule has 1 N–H and O–H groups in total. The molecule has 0 aliphatic carbocycles. The lowest BCUT2D eigenvalue weighted by Crippen LogP contribution is -2.42. The summed E-state index contributed by atoms with van der Waals surface area (Å²) < 4.78 is 0. The first-order valence-electron chi connectivity index (χ1n) is 6.91. The quantitative estimate of drug-likeness (QED) is 0.917. The standard InChI is InChI=1S/C15H20Cl2N2O/c1-10-5-11(2)8-19(7-10)9-15(20)18-14-4-3-12(16)6-13(14)17/h3-4,6,10-11H,5,7-9H2,1-2H3,(H,18,20)/t10-,11+. The van der Waals surface area contributed by atoms with Crippen LogP contribution in [0.2, 0.25) is 10.0 Å². The van der Waals surface area contributed by atoms with Crippen LogP contribution in [0.15, 0.2) is 18.2 Å². The Morgan fingerprint density at radius 3 is 2.55 bits per heavy atom. The number of carbonyl (C=O) groups is 1. The van der Waals surface area contributed by atoms with Crippen LogP contribution < -0.4 is 5.32 Å². The molecular weight excluding hydrogens is 295 g/mol. The predicted octanol–water partition coefficient (Wildman–Crippen LogP) is 3.91. The highest BCUT2D eigenvalue weighted by atomic mass is 35.5. The zero-order valence-electron chi connectivity index (χ0n) is 11.8. The summed E-state index contributed by atoms with van der Waals surface area (Å²) in [6.07, 6.45) is 1.24. The molecule has 0 radical (unpaired) electrons. The molecule has 20 heavy (non-hydrogen) atoms. The monoisotopic (exact) mass is 314 g/mol. The summed E-state index contributed by atoms with van der Waals surface area (Å²) >= 11 is 11.9. The van der Waals surface area contributed by atoms with E-state index >= 15 is 0 Å². The number of nitrogens with one attached hydrogen (secondary N) is 1. The Bertz CT molecular complexity index is 483. The zero-order valence-corrected chi connectivity index (χ0v) is 13.3. The van der Waals surface area contributed by atoms with Crippen molar-refractivity contribution in [3.63, 3.8) is 0 Å². The first-order valence-corrected chi connectivity index (χ1v) is 7.67. The van der Waals surface area contributed by atoms with Crippen LogP contribution in [0.3, 0.4) is 0 Å². The second kappa shape index (κ2) is 6.79. The number of rotatable bonds is 3. The lowest BCUT2D eigenvalue weighted by atomic mass is 9.92. The molecule has 1 fully saturated rings. The lowest BCUT2D eigenvalue weighted by Gasteiger charge is -2.34. The second-order valence-electron chi connectivity index (χ2n) is 5.81. The van der Waals surface area contributed by atoms with Crippen molar-refractivity contribution in [1.29, 1.82) is 0 Å². The average Bonchev–Trinajstić information content (AvgIpc) is 2.31. The number of piperidine rings is 1. The van der Waals surface area contributed by atoms with Crippen molar-refractivity contribution in [2.75, 3.05) is 25.0 Å². The van der Waals surface area contributed by atoms with Gasteiger partial charge >= 0.3 is 0 Å². The summed E-state index contributed by atoms with van der Waals surface area (Å²) in [6.45, 7) is 6.83. The minimum Gasteiger partial charge on any atom is -0.324 e. The SMILES string of the molecule is C[C@@H]1C[C@H](C)CN(CC(=O)Nc2ccc(Cl)cc2Cl)C1. The van der Waals surface area contributed by atoms with Gasteiger partial charge in [0.1, 0.15) is 0 Å². The largest absolute Gasteiger partial charge is 0.324 e. The van der Waals surface area contributed by atoms with Gasteiger partial charge in [0, 0.05) is 18.1 Å². The van der Waals surface area contributed by atoms with Crippen LogP contribution in [0.5, 0.6) is 0 Å². The Labute approximate surface area is 130 Å². The number of benzene rings is 1. The Hall–Kier alpha value is -0.770. The Morgan fingerprint density at radius 1 is 1.30 bits per heavy atom.